The Morgan fingerprint density at radius 1 is 1.17 bits per heavy atom. The predicted octanol–water partition coefficient (Wildman–Crippen LogP) is 4.08. The van der Waals surface area contributed by atoms with Crippen LogP contribution in [0, 0.1) is 20.8 Å². The molecular formula is C21H22ClN3O4S. The van der Waals surface area contributed by atoms with Crippen molar-refractivity contribution in [2.75, 3.05) is 11.9 Å². The molecule has 0 radical (unpaired) electrons. The van der Waals surface area contributed by atoms with Gasteiger partial charge in [0.1, 0.15) is 15.8 Å². The maximum Gasteiger partial charge on any atom is 0.245 e. The van der Waals surface area contributed by atoms with Crippen molar-refractivity contribution in [3.05, 3.63) is 76.5 Å². The number of anilines is 1. The van der Waals surface area contributed by atoms with Crippen molar-refractivity contribution in [1.29, 1.82) is 0 Å². The van der Waals surface area contributed by atoms with Gasteiger partial charge in [-0.25, -0.2) is 13.4 Å². The van der Waals surface area contributed by atoms with Crippen LogP contribution in [-0.2, 0) is 21.4 Å². The minimum Gasteiger partial charge on any atom is -0.468 e. The van der Waals surface area contributed by atoms with E-state index in [4.69, 9.17) is 16.0 Å². The highest BCUT2D eigenvalue weighted by molar-refractivity contribution is 7.89. The molecule has 0 bridgehead atoms. The maximum absolute atomic E-state index is 13.2. The standard InChI is InChI=1S/C21H22ClN3O4S/c1-14-9-15(2)21(16(3)10-14)24-20(26)13-25(12-17-5-4-8-29-17)30(27,28)18-6-7-19(22)23-11-18/h4-11H,12-13H2,1-3H3,(H,24,26). The van der Waals surface area contributed by atoms with E-state index in [1.165, 1.54) is 24.6 Å². The number of furan rings is 1. The smallest absolute Gasteiger partial charge is 0.245 e. The van der Waals surface area contributed by atoms with Crippen LogP contribution in [0.3, 0.4) is 0 Å². The molecule has 0 saturated carbocycles. The summed E-state index contributed by atoms with van der Waals surface area (Å²) in [6.45, 7) is 5.28. The van der Waals surface area contributed by atoms with Crippen molar-refractivity contribution in [1.82, 2.24) is 9.29 Å². The quantitative estimate of drug-likeness (QED) is 0.551. The topological polar surface area (TPSA) is 92.5 Å². The number of amides is 1. The number of nitrogens with zero attached hydrogens (tertiary/aromatic N) is 2. The molecule has 1 amide bonds. The van der Waals surface area contributed by atoms with Crippen LogP contribution in [0.25, 0.3) is 0 Å². The van der Waals surface area contributed by atoms with Crippen molar-refractivity contribution in [3.63, 3.8) is 0 Å². The summed E-state index contributed by atoms with van der Waals surface area (Å²) in [5.41, 5.74) is 3.57. The van der Waals surface area contributed by atoms with Crippen LogP contribution >= 0.6 is 11.6 Å². The van der Waals surface area contributed by atoms with E-state index in [0.717, 1.165) is 21.0 Å². The zero-order valence-corrected chi connectivity index (χ0v) is 18.4. The van der Waals surface area contributed by atoms with E-state index in [0.29, 0.717) is 11.4 Å². The third-order valence-corrected chi connectivity index (χ3v) is 6.51. The lowest BCUT2D eigenvalue weighted by Gasteiger charge is -2.21. The summed E-state index contributed by atoms with van der Waals surface area (Å²) < 4.78 is 32.7. The Morgan fingerprint density at radius 3 is 2.43 bits per heavy atom. The number of hydrogen-bond donors (Lipinski definition) is 1. The molecule has 0 aliphatic heterocycles. The van der Waals surface area contributed by atoms with Gasteiger partial charge in [0.25, 0.3) is 0 Å². The number of sulfonamides is 1. The Balaban J connectivity index is 1.87. The van der Waals surface area contributed by atoms with Crippen LogP contribution in [-0.4, -0.2) is 30.2 Å². The Hall–Kier alpha value is -2.68. The number of aryl methyl sites for hydroxylation is 3. The number of rotatable bonds is 7. The Bertz CT molecular complexity index is 1120. The molecule has 3 aromatic rings. The minimum absolute atomic E-state index is 0.0612. The molecule has 1 N–H and O–H groups in total. The molecule has 1 aromatic carbocycles. The zero-order chi connectivity index (χ0) is 21.9. The van der Waals surface area contributed by atoms with Gasteiger partial charge < -0.3 is 9.73 Å². The van der Waals surface area contributed by atoms with Crippen LogP contribution in [0.4, 0.5) is 5.69 Å². The number of hydrogen-bond acceptors (Lipinski definition) is 5. The van der Waals surface area contributed by atoms with Crippen molar-refractivity contribution in [3.8, 4) is 0 Å². The summed E-state index contributed by atoms with van der Waals surface area (Å²) in [5, 5.41) is 3.01. The summed E-state index contributed by atoms with van der Waals surface area (Å²) in [7, 11) is -4.02. The molecule has 2 aromatic heterocycles. The van der Waals surface area contributed by atoms with Gasteiger partial charge in [-0.2, -0.15) is 4.31 Å². The van der Waals surface area contributed by atoms with Gasteiger partial charge in [0.05, 0.1) is 19.4 Å². The Labute approximate surface area is 180 Å². The Morgan fingerprint density at radius 2 is 1.87 bits per heavy atom. The minimum atomic E-state index is -4.02. The van der Waals surface area contributed by atoms with Crippen molar-refractivity contribution in [2.24, 2.45) is 0 Å². The SMILES string of the molecule is Cc1cc(C)c(NC(=O)CN(Cc2ccco2)S(=O)(=O)c2ccc(Cl)nc2)c(C)c1. The molecule has 3 rings (SSSR count). The fraction of sp³-hybridized carbons (Fsp3) is 0.238. The fourth-order valence-electron chi connectivity index (χ4n) is 3.18. The van der Waals surface area contributed by atoms with Crippen molar-refractivity contribution in [2.45, 2.75) is 32.2 Å². The molecule has 0 spiro atoms. The summed E-state index contributed by atoms with van der Waals surface area (Å²) in [4.78, 5) is 16.6. The lowest BCUT2D eigenvalue weighted by Crippen LogP contribution is -2.37. The summed E-state index contributed by atoms with van der Waals surface area (Å²) in [5.74, 6) is -0.0434. The monoisotopic (exact) mass is 447 g/mol. The third kappa shape index (κ3) is 5.08. The third-order valence-electron chi connectivity index (χ3n) is 4.51. The first-order valence-electron chi connectivity index (χ1n) is 9.18. The number of carbonyl (C=O) groups excluding carboxylic acids is 1. The fourth-order valence-corrected chi connectivity index (χ4v) is 4.60. The highest BCUT2D eigenvalue weighted by Crippen LogP contribution is 2.23. The van der Waals surface area contributed by atoms with E-state index < -0.39 is 22.5 Å². The van der Waals surface area contributed by atoms with Crippen LogP contribution in [0.1, 0.15) is 22.5 Å². The van der Waals surface area contributed by atoms with Gasteiger partial charge in [0.15, 0.2) is 0 Å². The zero-order valence-electron chi connectivity index (χ0n) is 16.8. The normalized spacial score (nSPS) is 11.6. The molecule has 0 aliphatic rings. The first kappa shape index (κ1) is 22.0. The second-order valence-corrected chi connectivity index (χ2v) is 9.32. The molecule has 9 heteroatoms. The molecule has 0 atom stereocenters. The molecule has 30 heavy (non-hydrogen) atoms. The molecule has 7 nitrogen and oxygen atoms in total. The highest BCUT2D eigenvalue weighted by atomic mass is 35.5. The van der Waals surface area contributed by atoms with Gasteiger partial charge in [-0.05, 0) is 56.2 Å². The highest BCUT2D eigenvalue weighted by Gasteiger charge is 2.28. The van der Waals surface area contributed by atoms with Crippen LogP contribution in [0.15, 0.2) is 58.2 Å². The summed E-state index contributed by atoms with van der Waals surface area (Å²) in [6, 6.07) is 9.96. The van der Waals surface area contributed by atoms with E-state index >= 15 is 0 Å². The molecule has 0 saturated heterocycles. The predicted molar refractivity (Wildman–Crippen MR) is 115 cm³/mol. The van der Waals surface area contributed by atoms with Gasteiger partial charge in [-0.3, -0.25) is 4.79 Å². The van der Waals surface area contributed by atoms with Gasteiger partial charge in [-0.1, -0.05) is 29.3 Å². The van der Waals surface area contributed by atoms with Gasteiger partial charge in [0.2, 0.25) is 15.9 Å². The number of benzene rings is 1. The number of nitrogens with one attached hydrogen (secondary N) is 1. The van der Waals surface area contributed by atoms with E-state index in [-0.39, 0.29) is 16.6 Å². The first-order chi connectivity index (χ1) is 14.2. The van der Waals surface area contributed by atoms with E-state index in [2.05, 4.69) is 10.3 Å². The van der Waals surface area contributed by atoms with E-state index in [1.54, 1.807) is 12.1 Å². The summed E-state index contributed by atoms with van der Waals surface area (Å²) >= 11 is 5.77. The molecule has 0 fully saturated rings. The van der Waals surface area contributed by atoms with Crippen LogP contribution in [0.5, 0.6) is 0 Å². The number of pyridine rings is 1. The number of aromatic nitrogens is 1. The van der Waals surface area contributed by atoms with Crippen molar-refractivity contribution >= 4 is 33.2 Å². The van der Waals surface area contributed by atoms with Crippen LogP contribution in [0.2, 0.25) is 5.15 Å². The molecule has 158 valence electrons. The molecule has 0 aliphatic carbocycles. The average Bonchev–Trinajstić information content (AvgIpc) is 3.17. The lowest BCUT2D eigenvalue weighted by atomic mass is 10.1. The number of carbonyl (C=O) groups is 1. The lowest BCUT2D eigenvalue weighted by molar-refractivity contribution is -0.116. The van der Waals surface area contributed by atoms with Gasteiger partial charge in [0, 0.05) is 11.9 Å². The largest absolute Gasteiger partial charge is 0.468 e. The average molecular weight is 448 g/mol. The maximum atomic E-state index is 13.2. The van der Waals surface area contributed by atoms with Gasteiger partial charge in [-0.15, -0.1) is 0 Å². The molecule has 0 unspecified atom stereocenters. The summed E-state index contributed by atoms with van der Waals surface area (Å²) in [6.07, 6.45) is 2.61. The second kappa shape index (κ2) is 8.99. The second-order valence-electron chi connectivity index (χ2n) is 6.99. The van der Waals surface area contributed by atoms with E-state index in [9.17, 15) is 13.2 Å². The molecule has 2 heterocycles. The van der Waals surface area contributed by atoms with Gasteiger partial charge >= 0.3 is 0 Å². The van der Waals surface area contributed by atoms with Crippen LogP contribution < -0.4 is 5.32 Å². The van der Waals surface area contributed by atoms with E-state index in [1.807, 2.05) is 32.9 Å². The first-order valence-corrected chi connectivity index (χ1v) is 11.0. The van der Waals surface area contributed by atoms with Crippen molar-refractivity contribution < 1.29 is 17.6 Å². The number of halogens is 1. The molecular weight excluding hydrogens is 426 g/mol. The Kier molecular flexibility index (Phi) is 6.60.